The van der Waals surface area contributed by atoms with E-state index in [-0.39, 0.29) is 29.3 Å². The maximum absolute atomic E-state index is 13.1. The van der Waals surface area contributed by atoms with Gasteiger partial charge in [-0.05, 0) is 47.4 Å². The summed E-state index contributed by atoms with van der Waals surface area (Å²) in [4.78, 5) is 13.1. The second kappa shape index (κ2) is 10.1. The molecule has 1 aliphatic heterocycles. The minimum Gasteiger partial charge on any atom is -0.507 e. The van der Waals surface area contributed by atoms with E-state index in [1.807, 2.05) is 42.5 Å². The Hall–Kier alpha value is -3.01. The molecule has 0 aromatic heterocycles. The average molecular weight is 469 g/mol. The highest BCUT2D eigenvalue weighted by molar-refractivity contribution is 6.01. The molecule has 1 fully saturated rings. The van der Waals surface area contributed by atoms with E-state index in [9.17, 15) is 30.3 Å². The van der Waals surface area contributed by atoms with E-state index in [0.717, 1.165) is 16.3 Å². The molecule has 5 N–H and O–H groups in total. The number of hydrogen-bond acceptors (Lipinski definition) is 8. The van der Waals surface area contributed by atoms with E-state index in [0.29, 0.717) is 12.0 Å². The molecule has 34 heavy (non-hydrogen) atoms. The van der Waals surface area contributed by atoms with E-state index in [1.165, 1.54) is 12.1 Å². The molecule has 0 aliphatic carbocycles. The monoisotopic (exact) mass is 468 g/mol. The number of carbonyl (C=O) groups is 1. The maximum atomic E-state index is 13.1. The fourth-order valence-corrected chi connectivity index (χ4v) is 4.17. The Morgan fingerprint density at radius 2 is 1.71 bits per heavy atom. The zero-order valence-corrected chi connectivity index (χ0v) is 18.7. The first kappa shape index (κ1) is 24.1. The Morgan fingerprint density at radius 3 is 2.44 bits per heavy atom. The molecule has 4 rings (SSSR count). The summed E-state index contributed by atoms with van der Waals surface area (Å²) in [5.41, 5.74) is 1.50. The third-order valence-electron chi connectivity index (χ3n) is 6.05. The van der Waals surface area contributed by atoms with Gasteiger partial charge in [0, 0.05) is 6.42 Å². The SMILES string of the molecule is Cc1cc(O)c(C(=O)CCc2ccc3ccccc3c2)c(O[C@@H]2O[C@H](CO)[C@@H](O)[C@H](O)[C@H]2O)c1. The van der Waals surface area contributed by atoms with Gasteiger partial charge < -0.3 is 35.0 Å². The Bertz CT molecular complexity index is 1170. The molecular weight excluding hydrogens is 440 g/mol. The molecule has 8 nitrogen and oxygen atoms in total. The van der Waals surface area contributed by atoms with Crippen LogP contribution in [0.1, 0.15) is 27.9 Å². The van der Waals surface area contributed by atoms with Gasteiger partial charge in [-0.1, -0.05) is 42.5 Å². The van der Waals surface area contributed by atoms with E-state index < -0.39 is 37.3 Å². The molecule has 0 bridgehead atoms. The topological polar surface area (TPSA) is 137 Å². The minimum absolute atomic E-state index is 0.0228. The van der Waals surface area contributed by atoms with Crippen LogP contribution in [0.25, 0.3) is 10.8 Å². The van der Waals surface area contributed by atoms with Crippen LogP contribution >= 0.6 is 0 Å². The van der Waals surface area contributed by atoms with Crippen LogP contribution in [0.4, 0.5) is 0 Å². The summed E-state index contributed by atoms with van der Waals surface area (Å²) >= 11 is 0. The quantitative estimate of drug-likeness (QED) is 0.332. The number of rotatable bonds is 7. The first-order valence-electron chi connectivity index (χ1n) is 11.1. The lowest BCUT2D eigenvalue weighted by Crippen LogP contribution is -2.60. The van der Waals surface area contributed by atoms with Crippen molar-refractivity contribution in [2.24, 2.45) is 0 Å². The van der Waals surface area contributed by atoms with Crippen molar-refractivity contribution in [2.45, 2.75) is 50.5 Å². The number of phenols is 1. The van der Waals surface area contributed by atoms with Gasteiger partial charge in [-0.25, -0.2) is 0 Å². The molecule has 5 atom stereocenters. The number of carbonyl (C=O) groups excluding carboxylic acids is 1. The zero-order chi connectivity index (χ0) is 24.4. The number of fused-ring (bicyclic) bond motifs is 1. The van der Waals surface area contributed by atoms with Crippen molar-refractivity contribution in [2.75, 3.05) is 6.61 Å². The van der Waals surface area contributed by atoms with Crippen LogP contribution in [-0.2, 0) is 11.2 Å². The Labute approximate surface area is 196 Å². The summed E-state index contributed by atoms with van der Waals surface area (Å²) in [5.74, 6) is -0.668. The van der Waals surface area contributed by atoms with Crippen molar-refractivity contribution in [3.05, 3.63) is 71.3 Å². The minimum atomic E-state index is -1.64. The predicted octanol–water partition coefficient (Wildman–Crippen LogP) is 1.85. The second-order valence-electron chi connectivity index (χ2n) is 8.58. The van der Waals surface area contributed by atoms with Gasteiger partial charge in [0.1, 0.15) is 41.5 Å². The van der Waals surface area contributed by atoms with Gasteiger partial charge in [-0.2, -0.15) is 0 Å². The fraction of sp³-hybridized carbons (Fsp3) is 0.346. The number of Topliss-reactive ketones (excluding diaryl/α,β-unsaturated/α-hetero) is 1. The van der Waals surface area contributed by atoms with Crippen molar-refractivity contribution in [3.63, 3.8) is 0 Å². The highest BCUT2D eigenvalue weighted by Crippen LogP contribution is 2.34. The fourth-order valence-electron chi connectivity index (χ4n) is 4.17. The number of ketones is 1. The molecule has 3 aromatic carbocycles. The summed E-state index contributed by atoms with van der Waals surface area (Å²) in [6.45, 7) is 1.09. The number of benzene rings is 3. The van der Waals surface area contributed by atoms with E-state index in [2.05, 4.69) is 0 Å². The Balaban J connectivity index is 1.55. The molecule has 180 valence electrons. The van der Waals surface area contributed by atoms with Gasteiger partial charge in [0.15, 0.2) is 5.78 Å². The molecule has 0 spiro atoms. The van der Waals surface area contributed by atoms with Crippen molar-refractivity contribution >= 4 is 16.6 Å². The molecule has 1 heterocycles. The maximum Gasteiger partial charge on any atom is 0.229 e. The third-order valence-corrected chi connectivity index (χ3v) is 6.05. The smallest absolute Gasteiger partial charge is 0.229 e. The lowest BCUT2D eigenvalue weighted by Gasteiger charge is -2.39. The highest BCUT2D eigenvalue weighted by Gasteiger charge is 2.45. The van der Waals surface area contributed by atoms with Gasteiger partial charge in [0.2, 0.25) is 6.29 Å². The summed E-state index contributed by atoms with van der Waals surface area (Å²) in [6, 6.07) is 16.8. The van der Waals surface area contributed by atoms with E-state index >= 15 is 0 Å². The van der Waals surface area contributed by atoms with Crippen LogP contribution in [0.5, 0.6) is 11.5 Å². The highest BCUT2D eigenvalue weighted by atomic mass is 16.7. The summed E-state index contributed by atoms with van der Waals surface area (Å²) in [6.07, 6.45) is -6.88. The normalized spacial score (nSPS) is 24.8. The van der Waals surface area contributed by atoms with Gasteiger partial charge in [0.25, 0.3) is 0 Å². The lowest BCUT2D eigenvalue weighted by molar-refractivity contribution is -0.277. The van der Waals surface area contributed by atoms with E-state index in [4.69, 9.17) is 9.47 Å². The number of aromatic hydroxyl groups is 1. The zero-order valence-electron chi connectivity index (χ0n) is 18.7. The number of aliphatic hydroxyl groups excluding tert-OH is 4. The molecular formula is C26H28O8. The van der Waals surface area contributed by atoms with Crippen molar-refractivity contribution < 1.29 is 39.8 Å². The molecule has 1 aliphatic rings. The number of phenolic OH excluding ortho intramolecular Hbond substituents is 1. The first-order chi connectivity index (χ1) is 16.3. The van der Waals surface area contributed by atoms with Gasteiger partial charge in [-0.3, -0.25) is 4.79 Å². The molecule has 0 amide bonds. The lowest BCUT2D eigenvalue weighted by atomic mass is 9.98. The average Bonchev–Trinajstić information content (AvgIpc) is 2.82. The van der Waals surface area contributed by atoms with Gasteiger partial charge in [-0.15, -0.1) is 0 Å². The van der Waals surface area contributed by atoms with Gasteiger partial charge in [0.05, 0.1) is 6.61 Å². The summed E-state index contributed by atoms with van der Waals surface area (Å²) in [5, 5.41) is 52.4. The molecule has 0 saturated carbocycles. The molecule has 8 heteroatoms. The molecule has 0 radical (unpaired) electrons. The Kier molecular flexibility index (Phi) is 7.16. The standard InChI is InChI=1S/C26H28O8/c1-14-10-19(29)22(18(28)9-7-15-6-8-16-4-2-3-5-17(16)12-15)20(11-14)33-26-25(32)24(31)23(30)21(13-27)34-26/h2-6,8,10-12,21,23-27,29-32H,7,9,13H2,1H3/t21-,23-,24+,25-,26-/m1/s1. The molecule has 3 aromatic rings. The summed E-state index contributed by atoms with van der Waals surface area (Å²) < 4.78 is 11.1. The van der Waals surface area contributed by atoms with Gasteiger partial charge >= 0.3 is 0 Å². The van der Waals surface area contributed by atoms with Crippen LogP contribution in [0.15, 0.2) is 54.6 Å². The second-order valence-corrected chi connectivity index (χ2v) is 8.58. The van der Waals surface area contributed by atoms with Crippen molar-refractivity contribution in [1.29, 1.82) is 0 Å². The first-order valence-corrected chi connectivity index (χ1v) is 11.1. The largest absolute Gasteiger partial charge is 0.507 e. The Morgan fingerprint density at radius 1 is 0.971 bits per heavy atom. The number of ether oxygens (including phenoxy) is 2. The number of hydrogen-bond donors (Lipinski definition) is 5. The molecule has 1 saturated heterocycles. The van der Waals surface area contributed by atoms with E-state index in [1.54, 1.807) is 6.92 Å². The summed E-state index contributed by atoms with van der Waals surface area (Å²) in [7, 11) is 0. The number of aryl methyl sites for hydroxylation is 2. The molecule has 0 unspecified atom stereocenters. The van der Waals surface area contributed by atoms with Crippen molar-refractivity contribution in [3.8, 4) is 11.5 Å². The predicted molar refractivity (Wildman–Crippen MR) is 124 cm³/mol. The third kappa shape index (κ3) is 4.91. The van der Waals surface area contributed by atoms with Crippen LogP contribution in [0.3, 0.4) is 0 Å². The van der Waals surface area contributed by atoms with Crippen molar-refractivity contribution in [1.82, 2.24) is 0 Å². The van der Waals surface area contributed by atoms with Crippen LogP contribution in [-0.4, -0.2) is 68.6 Å². The van der Waals surface area contributed by atoms with Crippen LogP contribution < -0.4 is 4.74 Å². The number of aliphatic hydroxyl groups is 4. The van der Waals surface area contributed by atoms with Crippen LogP contribution in [0.2, 0.25) is 0 Å². The van der Waals surface area contributed by atoms with Crippen LogP contribution in [0, 0.1) is 6.92 Å².